The third-order valence-electron chi connectivity index (χ3n) is 5.23. The summed E-state index contributed by atoms with van der Waals surface area (Å²) in [5, 5.41) is 0. The maximum atomic E-state index is 2.43. The number of hydrogen-bond donors (Lipinski definition) is 0. The molecule has 0 saturated carbocycles. The van der Waals surface area contributed by atoms with Crippen molar-refractivity contribution in [1.29, 1.82) is 0 Å². The minimum absolute atomic E-state index is 0.221. The molecule has 2 aliphatic carbocycles. The molecule has 2 aromatic carbocycles. The van der Waals surface area contributed by atoms with Gasteiger partial charge in [0.15, 0.2) is 0 Å². The Hall–Kier alpha value is -2.08. The minimum Gasteiger partial charge on any atom is -0.0620 e. The summed E-state index contributed by atoms with van der Waals surface area (Å²) in [5.74, 6) is 0. The monoisotopic (exact) mass is 300 g/mol. The maximum Gasteiger partial charge on any atom is -0.00516 e. The standard InChI is InChI=1S/C23H24/c1-23(2,3)20-12-10-16(11-13-20)19-14-18-9-8-17-6-4-5-7-21(17)22(18)15-19/h4-7,10-13,15H,8-9,14H2,1-3H3. The third kappa shape index (κ3) is 2.57. The Kier molecular flexibility index (Phi) is 3.30. The molecule has 0 aliphatic heterocycles. The molecule has 23 heavy (non-hydrogen) atoms. The summed E-state index contributed by atoms with van der Waals surface area (Å²) in [7, 11) is 0. The molecule has 0 fully saturated rings. The Morgan fingerprint density at radius 1 is 0.826 bits per heavy atom. The fourth-order valence-electron chi connectivity index (χ4n) is 3.80. The topological polar surface area (TPSA) is 0 Å². The van der Waals surface area contributed by atoms with Gasteiger partial charge in [0.05, 0.1) is 0 Å². The lowest BCUT2D eigenvalue weighted by Gasteiger charge is -2.19. The molecular formula is C23H24. The zero-order valence-electron chi connectivity index (χ0n) is 14.3. The van der Waals surface area contributed by atoms with Gasteiger partial charge in [-0.25, -0.2) is 0 Å². The van der Waals surface area contributed by atoms with E-state index in [-0.39, 0.29) is 5.41 Å². The largest absolute Gasteiger partial charge is 0.0620 e. The van der Waals surface area contributed by atoms with Gasteiger partial charge in [-0.3, -0.25) is 0 Å². The SMILES string of the molecule is CC(C)(C)c1ccc(C2=CC3=C(CCc4ccccc43)C2)cc1. The molecule has 0 atom stereocenters. The van der Waals surface area contributed by atoms with Crippen LogP contribution >= 0.6 is 0 Å². The van der Waals surface area contributed by atoms with Crippen LogP contribution in [0.25, 0.3) is 11.1 Å². The molecule has 0 unspecified atom stereocenters. The molecule has 0 amide bonds. The summed E-state index contributed by atoms with van der Waals surface area (Å²) < 4.78 is 0. The van der Waals surface area contributed by atoms with Gasteiger partial charge in [0.1, 0.15) is 0 Å². The normalized spacial score (nSPS) is 16.9. The summed E-state index contributed by atoms with van der Waals surface area (Å²) in [6.45, 7) is 6.82. The lowest BCUT2D eigenvalue weighted by atomic mass is 9.86. The number of aryl methyl sites for hydroxylation is 1. The van der Waals surface area contributed by atoms with Crippen molar-refractivity contribution >= 4 is 11.1 Å². The second kappa shape index (κ2) is 5.23. The minimum atomic E-state index is 0.221. The van der Waals surface area contributed by atoms with E-state index < -0.39 is 0 Å². The van der Waals surface area contributed by atoms with Crippen LogP contribution in [0.15, 0.2) is 60.2 Å². The third-order valence-corrected chi connectivity index (χ3v) is 5.23. The fourth-order valence-corrected chi connectivity index (χ4v) is 3.80. The first kappa shape index (κ1) is 14.5. The highest BCUT2D eigenvalue weighted by molar-refractivity contribution is 5.93. The van der Waals surface area contributed by atoms with Crippen LogP contribution in [0.4, 0.5) is 0 Å². The smallest absolute Gasteiger partial charge is 0.00516 e. The molecule has 0 nitrogen and oxygen atoms in total. The van der Waals surface area contributed by atoms with E-state index in [9.17, 15) is 0 Å². The first-order chi connectivity index (χ1) is 11.0. The van der Waals surface area contributed by atoms with Crippen molar-refractivity contribution in [3.8, 4) is 0 Å². The van der Waals surface area contributed by atoms with Gasteiger partial charge >= 0.3 is 0 Å². The number of hydrogen-bond acceptors (Lipinski definition) is 0. The van der Waals surface area contributed by atoms with Gasteiger partial charge in [-0.15, -0.1) is 0 Å². The molecule has 0 saturated heterocycles. The molecule has 0 heterocycles. The van der Waals surface area contributed by atoms with Gasteiger partial charge in [0, 0.05) is 0 Å². The van der Waals surface area contributed by atoms with Crippen LogP contribution in [0.2, 0.25) is 0 Å². The van der Waals surface area contributed by atoms with Gasteiger partial charge in [0.25, 0.3) is 0 Å². The van der Waals surface area contributed by atoms with Crippen LogP contribution in [0.1, 0.15) is 55.9 Å². The Morgan fingerprint density at radius 2 is 1.57 bits per heavy atom. The van der Waals surface area contributed by atoms with Crippen molar-refractivity contribution in [3.05, 3.63) is 82.4 Å². The van der Waals surface area contributed by atoms with Crippen LogP contribution < -0.4 is 0 Å². The van der Waals surface area contributed by atoms with Gasteiger partial charge in [0.2, 0.25) is 0 Å². The molecule has 116 valence electrons. The van der Waals surface area contributed by atoms with Gasteiger partial charge in [-0.05, 0) is 58.1 Å². The summed E-state index contributed by atoms with van der Waals surface area (Å²) in [5.41, 5.74) is 10.6. The molecule has 0 spiro atoms. The van der Waals surface area contributed by atoms with E-state index in [0.29, 0.717) is 0 Å². The highest BCUT2D eigenvalue weighted by atomic mass is 14.3. The van der Waals surface area contributed by atoms with Crippen LogP contribution in [0.5, 0.6) is 0 Å². The first-order valence-electron chi connectivity index (χ1n) is 8.64. The first-order valence-corrected chi connectivity index (χ1v) is 8.64. The highest BCUT2D eigenvalue weighted by Gasteiger charge is 2.23. The lowest BCUT2D eigenvalue weighted by molar-refractivity contribution is 0.590. The van der Waals surface area contributed by atoms with E-state index in [1.807, 2.05) is 0 Å². The van der Waals surface area contributed by atoms with Gasteiger partial charge in [-0.2, -0.15) is 0 Å². The van der Waals surface area contributed by atoms with Crippen molar-refractivity contribution in [2.45, 2.75) is 45.4 Å². The summed E-state index contributed by atoms with van der Waals surface area (Å²) >= 11 is 0. The molecule has 0 radical (unpaired) electrons. The highest BCUT2D eigenvalue weighted by Crippen LogP contribution is 2.43. The Morgan fingerprint density at radius 3 is 2.30 bits per heavy atom. The second-order valence-corrected chi connectivity index (χ2v) is 7.85. The van der Waals surface area contributed by atoms with Crippen molar-refractivity contribution in [2.24, 2.45) is 0 Å². The zero-order chi connectivity index (χ0) is 16.0. The Balaban J connectivity index is 1.67. The van der Waals surface area contributed by atoms with Crippen LogP contribution in [0, 0.1) is 0 Å². The predicted molar refractivity (Wildman–Crippen MR) is 99.4 cm³/mol. The maximum absolute atomic E-state index is 2.43. The average molecular weight is 300 g/mol. The Labute approximate surface area is 139 Å². The fraction of sp³-hybridized carbons (Fsp3) is 0.304. The molecule has 4 rings (SSSR count). The van der Waals surface area contributed by atoms with E-state index in [1.165, 1.54) is 46.2 Å². The lowest BCUT2D eigenvalue weighted by Crippen LogP contribution is -2.10. The number of fused-ring (bicyclic) bond motifs is 2. The van der Waals surface area contributed by atoms with E-state index in [0.717, 1.165) is 6.42 Å². The van der Waals surface area contributed by atoms with E-state index in [4.69, 9.17) is 0 Å². The van der Waals surface area contributed by atoms with Crippen molar-refractivity contribution in [3.63, 3.8) is 0 Å². The summed E-state index contributed by atoms with van der Waals surface area (Å²) in [4.78, 5) is 0. The second-order valence-electron chi connectivity index (χ2n) is 7.85. The molecule has 0 bridgehead atoms. The molecular weight excluding hydrogens is 276 g/mol. The zero-order valence-corrected chi connectivity index (χ0v) is 14.3. The quantitative estimate of drug-likeness (QED) is 0.590. The molecule has 0 N–H and O–H groups in total. The average Bonchev–Trinajstić information content (AvgIpc) is 2.99. The van der Waals surface area contributed by atoms with Crippen LogP contribution in [-0.4, -0.2) is 0 Å². The number of benzene rings is 2. The summed E-state index contributed by atoms with van der Waals surface area (Å²) in [6.07, 6.45) is 5.96. The van der Waals surface area contributed by atoms with Gasteiger partial charge in [-0.1, -0.05) is 81.0 Å². The number of rotatable bonds is 1. The predicted octanol–water partition coefficient (Wildman–Crippen LogP) is 6.17. The van der Waals surface area contributed by atoms with Crippen molar-refractivity contribution in [1.82, 2.24) is 0 Å². The van der Waals surface area contributed by atoms with E-state index in [1.54, 1.807) is 5.57 Å². The van der Waals surface area contributed by atoms with Crippen molar-refractivity contribution < 1.29 is 0 Å². The van der Waals surface area contributed by atoms with Crippen LogP contribution in [-0.2, 0) is 11.8 Å². The molecule has 0 aromatic heterocycles. The van der Waals surface area contributed by atoms with Crippen LogP contribution in [0.3, 0.4) is 0 Å². The molecule has 0 heteroatoms. The van der Waals surface area contributed by atoms with Crippen molar-refractivity contribution in [2.75, 3.05) is 0 Å². The van der Waals surface area contributed by atoms with E-state index in [2.05, 4.69) is 75.4 Å². The van der Waals surface area contributed by atoms with Gasteiger partial charge < -0.3 is 0 Å². The molecule has 2 aromatic rings. The summed E-state index contributed by atoms with van der Waals surface area (Å²) in [6, 6.07) is 18.1. The number of allylic oxidation sites excluding steroid dienone is 4. The van der Waals surface area contributed by atoms with E-state index >= 15 is 0 Å². The Bertz CT molecular complexity index is 808. The molecule has 2 aliphatic rings.